The lowest BCUT2D eigenvalue weighted by molar-refractivity contribution is 0.946. The fraction of sp³-hybridized carbons (Fsp3) is 0.0833. The van der Waals surface area contributed by atoms with Crippen molar-refractivity contribution in [2.45, 2.75) is 6.92 Å². The van der Waals surface area contributed by atoms with Crippen molar-refractivity contribution >= 4 is 0 Å². The Balaban J connectivity index is 2.18. The van der Waals surface area contributed by atoms with Crippen LogP contribution in [0.1, 0.15) is 12.5 Å². The van der Waals surface area contributed by atoms with Crippen molar-refractivity contribution < 1.29 is 0 Å². The second-order valence-corrected chi connectivity index (χ2v) is 3.15. The maximum atomic E-state index is 3.25. The van der Waals surface area contributed by atoms with E-state index in [4.69, 9.17) is 0 Å². The summed E-state index contributed by atoms with van der Waals surface area (Å²) >= 11 is 0. The van der Waals surface area contributed by atoms with Crippen LogP contribution in [-0.2, 0) is 0 Å². The largest absolute Gasteiger partial charge is 0.375 e. The number of allylic oxidation sites excluding steroid dienone is 2. The maximum Gasteiger partial charge on any atom is 0.112 e. The lowest BCUT2D eigenvalue weighted by Gasteiger charge is -2.16. The van der Waals surface area contributed by atoms with Gasteiger partial charge < -0.3 is 5.32 Å². The van der Waals surface area contributed by atoms with E-state index in [0.29, 0.717) is 0 Å². The van der Waals surface area contributed by atoms with Crippen molar-refractivity contribution in [3.8, 4) is 0 Å². The molecule has 1 aromatic rings. The molecule has 0 unspecified atom stereocenters. The van der Waals surface area contributed by atoms with E-state index in [2.05, 4.69) is 36.5 Å². The van der Waals surface area contributed by atoms with Crippen molar-refractivity contribution in [1.29, 1.82) is 0 Å². The monoisotopic (exact) mass is 170 g/mol. The maximum absolute atomic E-state index is 3.25. The van der Waals surface area contributed by atoms with Crippen LogP contribution in [0.25, 0.3) is 0 Å². The number of dihydropyridines is 1. The number of hydrogen-bond acceptors (Lipinski definition) is 1. The SMILES string of the molecule is CC1=CN[C](c2ccccc2)C=C1. The van der Waals surface area contributed by atoms with Crippen LogP contribution in [0.5, 0.6) is 0 Å². The van der Waals surface area contributed by atoms with Crippen molar-refractivity contribution in [1.82, 2.24) is 5.32 Å². The zero-order valence-electron chi connectivity index (χ0n) is 7.62. The second kappa shape index (κ2) is 3.48. The molecule has 1 heterocycles. The average molecular weight is 170 g/mol. The van der Waals surface area contributed by atoms with E-state index in [9.17, 15) is 0 Å². The lowest BCUT2D eigenvalue weighted by Crippen LogP contribution is -2.16. The summed E-state index contributed by atoms with van der Waals surface area (Å²) < 4.78 is 0. The molecule has 0 fully saturated rings. The molecule has 1 N–H and O–H groups in total. The van der Waals surface area contributed by atoms with Crippen LogP contribution in [0.3, 0.4) is 0 Å². The van der Waals surface area contributed by atoms with E-state index in [1.54, 1.807) is 0 Å². The van der Waals surface area contributed by atoms with Gasteiger partial charge in [0, 0.05) is 6.20 Å². The summed E-state index contributed by atoms with van der Waals surface area (Å²) in [6.07, 6.45) is 6.23. The van der Waals surface area contributed by atoms with E-state index >= 15 is 0 Å². The number of rotatable bonds is 1. The molecule has 0 saturated heterocycles. The first kappa shape index (κ1) is 8.11. The summed E-state index contributed by atoms with van der Waals surface area (Å²) in [7, 11) is 0. The fourth-order valence-corrected chi connectivity index (χ4v) is 1.30. The third-order valence-corrected chi connectivity index (χ3v) is 2.05. The molecule has 65 valence electrons. The van der Waals surface area contributed by atoms with Crippen molar-refractivity contribution in [3.63, 3.8) is 0 Å². The zero-order valence-corrected chi connectivity index (χ0v) is 7.62. The molecule has 1 aliphatic rings. The van der Waals surface area contributed by atoms with Gasteiger partial charge in [0.1, 0.15) is 6.04 Å². The lowest BCUT2D eigenvalue weighted by atomic mass is 10.0. The minimum Gasteiger partial charge on any atom is -0.375 e. The Hall–Kier alpha value is -1.50. The molecule has 0 saturated carbocycles. The average Bonchev–Trinajstić information content (AvgIpc) is 2.20. The van der Waals surface area contributed by atoms with E-state index in [-0.39, 0.29) is 0 Å². The first-order valence-electron chi connectivity index (χ1n) is 4.40. The molecule has 1 aliphatic heterocycles. The zero-order chi connectivity index (χ0) is 9.10. The molecule has 0 aromatic heterocycles. The van der Waals surface area contributed by atoms with Crippen LogP contribution in [-0.4, -0.2) is 0 Å². The Morgan fingerprint density at radius 2 is 1.77 bits per heavy atom. The topological polar surface area (TPSA) is 12.0 Å². The molecule has 1 radical (unpaired) electrons. The van der Waals surface area contributed by atoms with Gasteiger partial charge in [-0.15, -0.1) is 0 Å². The van der Waals surface area contributed by atoms with Crippen molar-refractivity contribution in [2.75, 3.05) is 0 Å². The summed E-state index contributed by atoms with van der Waals surface area (Å²) in [5.74, 6) is 0. The van der Waals surface area contributed by atoms with Gasteiger partial charge in [0.05, 0.1) is 0 Å². The first-order valence-corrected chi connectivity index (χ1v) is 4.40. The summed E-state index contributed by atoms with van der Waals surface area (Å²) in [5.41, 5.74) is 2.47. The summed E-state index contributed by atoms with van der Waals surface area (Å²) in [6, 6.07) is 11.5. The number of hydrogen-bond donors (Lipinski definition) is 1. The molecule has 0 spiro atoms. The minimum absolute atomic E-state index is 1.16. The Morgan fingerprint density at radius 1 is 1.00 bits per heavy atom. The molecule has 1 aromatic carbocycles. The molecule has 0 atom stereocenters. The third kappa shape index (κ3) is 1.81. The quantitative estimate of drug-likeness (QED) is 0.683. The van der Waals surface area contributed by atoms with Crippen LogP contribution in [0.2, 0.25) is 0 Å². The van der Waals surface area contributed by atoms with Crippen LogP contribution < -0.4 is 5.32 Å². The van der Waals surface area contributed by atoms with Gasteiger partial charge in [-0.2, -0.15) is 0 Å². The first-order chi connectivity index (χ1) is 6.36. The predicted octanol–water partition coefficient (Wildman–Crippen LogP) is 2.63. The molecule has 13 heavy (non-hydrogen) atoms. The van der Waals surface area contributed by atoms with Gasteiger partial charge in [0.2, 0.25) is 0 Å². The normalized spacial score (nSPS) is 16.5. The Bertz CT molecular complexity index is 335. The standard InChI is InChI=1S/C12H12N/c1-10-7-8-12(13-9-10)11-5-3-2-4-6-11/h2-9,13H,1H3. The molecule has 0 amide bonds. The number of benzene rings is 1. The highest BCUT2D eigenvalue weighted by molar-refractivity contribution is 5.41. The minimum atomic E-state index is 1.16. The van der Waals surface area contributed by atoms with Gasteiger partial charge in [0.25, 0.3) is 0 Å². The van der Waals surface area contributed by atoms with E-state index < -0.39 is 0 Å². The molecular weight excluding hydrogens is 158 g/mol. The molecule has 0 bridgehead atoms. The Kier molecular flexibility index (Phi) is 2.17. The van der Waals surface area contributed by atoms with Gasteiger partial charge in [-0.05, 0) is 18.1 Å². The molecule has 1 heteroatoms. The van der Waals surface area contributed by atoms with E-state index in [1.807, 2.05) is 24.4 Å². The van der Waals surface area contributed by atoms with Crippen LogP contribution in [0, 0.1) is 6.04 Å². The summed E-state index contributed by atoms with van der Waals surface area (Å²) in [4.78, 5) is 0. The van der Waals surface area contributed by atoms with Crippen LogP contribution in [0.4, 0.5) is 0 Å². The van der Waals surface area contributed by atoms with Gasteiger partial charge >= 0.3 is 0 Å². The smallest absolute Gasteiger partial charge is 0.112 e. The van der Waals surface area contributed by atoms with E-state index in [1.165, 1.54) is 11.1 Å². The Labute approximate surface area is 78.8 Å². The molecular formula is C12H12N. The highest BCUT2D eigenvalue weighted by Crippen LogP contribution is 2.16. The van der Waals surface area contributed by atoms with Crippen LogP contribution >= 0.6 is 0 Å². The van der Waals surface area contributed by atoms with Gasteiger partial charge in [-0.25, -0.2) is 0 Å². The molecule has 1 nitrogen and oxygen atoms in total. The number of nitrogens with one attached hydrogen (secondary N) is 1. The highest BCUT2D eigenvalue weighted by Gasteiger charge is 2.08. The molecule has 2 rings (SSSR count). The summed E-state index contributed by atoms with van der Waals surface area (Å²) in [5, 5.41) is 3.25. The van der Waals surface area contributed by atoms with Crippen molar-refractivity contribution in [3.05, 3.63) is 65.9 Å². The summed E-state index contributed by atoms with van der Waals surface area (Å²) in [6.45, 7) is 2.07. The molecule has 0 aliphatic carbocycles. The van der Waals surface area contributed by atoms with Crippen molar-refractivity contribution in [2.24, 2.45) is 0 Å². The predicted molar refractivity (Wildman–Crippen MR) is 54.8 cm³/mol. The van der Waals surface area contributed by atoms with E-state index in [0.717, 1.165) is 6.04 Å². The highest BCUT2D eigenvalue weighted by atomic mass is 14.9. The fourth-order valence-electron chi connectivity index (χ4n) is 1.30. The van der Waals surface area contributed by atoms with Gasteiger partial charge in [-0.1, -0.05) is 42.5 Å². The second-order valence-electron chi connectivity index (χ2n) is 3.15. The third-order valence-electron chi connectivity index (χ3n) is 2.05. The van der Waals surface area contributed by atoms with Crippen LogP contribution in [0.15, 0.2) is 54.3 Å². The van der Waals surface area contributed by atoms with Gasteiger partial charge in [-0.3, -0.25) is 0 Å². The Morgan fingerprint density at radius 3 is 2.38 bits per heavy atom. The van der Waals surface area contributed by atoms with Gasteiger partial charge in [0.15, 0.2) is 0 Å².